The average Bonchev–Trinajstić information content (AvgIpc) is 2.69. The number of amides is 1. The van der Waals surface area contributed by atoms with E-state index in [0.29, 0.717) is 18.8 Å². The van der Waals surface area contributed by atoms with Crippen LogP contribution in [0.2, 0.25) is 0 Å². The van der Waals surface area contributed by atoms with Crippen LogP contribution >= 0.6 is 0 Å². The number of carbonyl (C=O) groups is 1. The second-order valence-electron chi connectivity index (χ2n) is 3.89. The van der Waals surface area contributed by atoms with Gasteiger partial charge in [-0.05, 0) is 0 Å². The zero-order chi connectivity index (χ0) is 12.4. The first-order valence-electron chi connectivity index (χ1n) is 5.23. The molecule has 1 aliphatic rings. The number of nitrogen functional groups attached to an aromatic ring is 1. The van der Waals surface area contributed by atoms with Crippen molar-refractivity contribution in [3.8, 4) is 5.88 Å². The van der Waals surface area contributed by atoms with Gasteiger partial charge >= 0.3 is 0 Å². The molecule has 7 heteroatoms. The molecule has 0 aromatic carbocycles. The predicted octanol–water partition coefficient (Wildman–Crippen LogP) is -0.587. The van der Waals surface area contributed by atoms with E-state index in [4.69, 9.17) is 15.6 Å². The van der Waals surface area contributed by atoms with Crippen LogP contribution in [0.1, 0.15) is 6.42 Å². The van der Waals surface area contributed by atoms with Gasteiger partial charge in [0, 0.05) is 31.6 Å². The number of nitrogens with zero attached hydrogens (tertiary/aromatic N) is 3. The molecule has 0 spiro atoms. The number of aromatic nitrogens is 2. The molecule has 2 rings (SSSR count). The molecule has 1 atom stereocenters. The van der Waals surface area contributed by atoms with E-state index in [-0.39, 0.29) is 30.2 Å². The minimum atomic E-state index is -0.114. The van der Waals surface area contributed by atoms with E-state index in [0.717, 1.165) is 0 Å². The van der Waals surface area contributed by atoms with Crippen LogP contribution in [0.25, 0.3) is 0 Å². The van der Waals surface area contributed by atoms with Gasteiger partial charge in [0.05, 0.1) is 7.11 Å². The molecule has 0 bridgehead atoms. The summed E-state index contributed by atoms with van der Waals surface area (Å²) in [5, 5.41) is 9.03. The van der Waals surface area contributed by atoms with Crippen molar-refractivity contribution in [2.45, 2.75) is 6.42 Å². The molecule has 1 saturated heterocycles. The van der Waals surface area contributed by atoms with Gasteiger partial charge in [0.2, 0.25) is 17.7 Å². The Morgan fingerprint density at radius 2 is 2.41 bits per heavy atom. The number of aliphatic hydroxyl groups is 1. The fourth-order valence-corrected chi connectivity index (χ4v) is 1.75. The number of rotatable bonds is 3. The smallest absolute Gasteiger partial charge is 0.237 e. The number of methoxy groups -OCH3 is 1. The van der Waals surface area contributed by atoms with Crippen molar-refractivity contribution in [1.29, 1.82) is 0 Å². The fraction of sp³-hybridized carbons (Fsp3) is 0.500. The maximum atomic E-state index is 11.7. The molecule has 1 aliphatic heterocycles. The van der Waals surface area contributed by atoms with Crippen molar-refractivity contribution in [3.63, 3.8) is 0 Å². The normalized spacial score (nSPS) is 19.8. The molecular formula is C10H14N4O3. The first-order chi connectivity index (χ1) is 8.13. The van der Waals surface area contributed by atoms with E-state index in [1.807, 2.05) is 0 Å². The lowest BCUT2D eigenvalue weighted by atomic mass is 10.1. The Bertz CT molecular complexity index is 438. The highest BCUT2D eigenvalue weighted by Crippen LogP contribution is 2.24. The van der Waals surface area contributed by atoms with Crippen LogP contribution in [0, 0.1) is 5.92 Å². The summed E-state index contributed by atoms with van der Waals surface area (Å²) in [6.07, 6.45) is 0.303. The van der Waals surface area contributed by atoms with Crippen molar-refractivity contribution in [3.05, 3.63) is 6.07 Å². The lowest BCUT2D eigenvalue weighted by Crippen LogP contribution is -2.27. The molecule has 1 fully saturated rings. The zero-order valence-electron chi connectivity index (χ0n) is 9.46. The number of carbonyl (C=O) groups excluding carboxylic acids is 1. The lowest BCUT2D eigenvalue weighted by molar-refractivity contribution is -0.117. The molecule has 0 saturated carbocycles. The van der Waals surface area contributed by atoms with E-state index in [9.17, 15) is 4.79 Å². The van der Waals surface area contributed by atoms with Crippen molar-refractivity contribution >= 4 is 17.7 Å². The SMILES string of the molecule is COc1cc(N)nc(N2CC(CO)CC2=O)n1. The van der Waals surface area contributed by atoms with Gasteiger partial charge in [0.1, 0.15) is 5.82 Å². The van der Waals surface area contributed by atoms with Gasteiger partial charge in [0.25, 0.3) is 0 Å². The van der Waals surface area contributed by atoms with Crippen LogP contribution in [-0.4, -0.2) is 41.2 Å². The van der Waals surface area contributed by atoms with Crippen molar-refractivity contribution in [2.24, 2.45) is 5.92 Å². The highest BCUT2D eigenvalue weighted by atomic mass is 16.5. The molecule has 2 heterocycles. The van der Waals surface area contributed by atoms with Gasteiger partial charge in [-0.3, -0.25) is 9.69 Å². The third-order valence-corrected chi connectivity index (χ3v) is 2.62. The number of nitrogens with two attached hydrogens (primary N) is 1. The maximum Gasteiger partial charge on any atom is 0.237 e. The largest absolute Gasteiger partial charge is 0.481 e. The van der Waals surface area contributed by atoms with Crippen molar-refractivity contribution in [2.75, 3.05) is 30.9 Å². The van der Waals surface area contributed by atoms with Gasteiger partial charge in [-0.1, -0.05) is 0 Å². The predicted molar refractivity (Wildman–Crippen MR) is 60.5 cm³/mol. The second-order valence-corrected chi connectivity index (χ2v) is 3.89. The Labute approximate surface area is 98.2 Å². The highest BCUT2D eigenvalue weighted by molar-refractivity contribution is 5.94. The first-order valence-corrected chi connectivity index (χ1v) is 5.23. The average molecular weight is 238 g/mol. The summed E-state index contributed by atoms with van der Waals surface area (Å²) in [6.45, 7) is 0.379. The standard InChI is InChI=1S/C10H14N4O3/c1-17-8-3-7(11)12-10(13-8)14-4-6(5-15)2-9(14)16/h3,6,15H,2,4-5H2,1H3,(H2,11,12,13). The molecule has 1 aromatic heterocycles. The summed E-state index contributed by atoms with van der Waals surface area (Å²) < 4.78 is 4.97. The Hall–Kier alpha value is -1.89. The number of anilines is 2. The quantitative estimate of drug-likeness (QED) is 0.730. The molecular weight excluding hydrogens is 224 g/mol. The van der Waals surface area contributed by atoms with E-state index < -0.39 is 0 Å². The number of hydrogen-bond acceptors (Lipinski definition) is 6. The van der Waals surface area contributed by atoms with E-state index in [1.165, 1.54) is 18.1 Å². The third kappa shape index (κ3) is 2.28. The molecule has 17 heavy (non-hydrogen) atoms. The maximum absolute atomic E-state index is 11.7. The molecule has 92 valence electrons. The number of ether oxygens (including phenoxy) is 1. The number of hydrogen-bond donors (Lipinski definition) is 2. The molecule has 1 amide bonds. The van der Waals surface area contributed by atoms with Gasteiger partial charge in [0.15, 0.2) is 0 Å². The van der Waals surface area contributed by atoms with Crippen LogP contribution in [0.3, 0.4) is 0 Å². The number of aliphatic hydroxyl groups excluding tert-OH is 1. The van der Waals surface area contributed by atoms with E-state index in [1.54, 1.807) is 0 Å². The minimum absolute atomic E-state index is 0.0261. The Morgan fingerprint density at radius 3 is 3.00 bits per heavy atom. The Balaban J connectivity index is 2.28. The third-order valence-electron chi connectivity index (χ3n) is 2.62. The van der Waals surface area contributed by atoms with Crippen LogP contribution in [0.5, 0.6) is 5.88 Å². The zero-order valence-corrected chi connectivity index (χ0v) is 9.46. The summed E-state index contributed by atoms with van der Waals surface area (Å²) in [7, 11) is 1.47. The van der Waals surface area contributed by atoms with Crippen molar-refractivity contribution in [1.82, 2.24) is 9.97 Å². The Morgan fingerprint density at radius 1 is 1.65 bits per heavy atom. The minimum Gasteiger partial charge on any atom is -0.481 e. The summed E-state index contributed by atoms with van der Waals surface area (Å²) in [5.74, 6) is 0.595. The molecule has 1 aromatic rings. The fourth-order valence-electron chi connectivity index (χ4n) is 1.75. The molecule has 7 nitrogen and oxygen atoms in total. The van der Waals surface area contributed by atoms with E-state index >= 15 is 0 Å². The first kappa shape index (κ1) is 11.6. The monoisotopic (exact) mass is 238 g/mol. The molecule has 0 aliphatic carbocycles. The van der Waals surface area contributed by atoms with Crippen LogP contribution in [-0.2, 0) is 4.79 Å². The summed E-state index contributed by atoms with van der Waals surface area (Å²) in [5.41, 5.74) is 5.60. The Kier molecular flexibility index (Phi) is 3.10. The molecule has 0 radical (unpaired) electrons. The van der Waals surface area contributed by atoms with Crippen LogP contribution in [0.15, 0.2) is 6.07 Å². The molecule has 1 unspecified atom stereocenters. The van der Waals surface area contributed by atoms with Crippen LogP contribution in [0.4, 0.5) is 11.8 Å². The topological polar surface area (TPSA) is 102 Å². The van der Waals surface area contributed by atoms with Gasteiger partial charge in [-0.25, -0.2) is 0 Å². The van der Waals surface area contributed by atoms with Crippen molar-refractivity contribution < 1.29 is 14.6 Å². The van der Waals surface area contributed by atoms with E-state index in [2.05, 4.69) is 9.97 Å². The highest BCUT2D eigenvalue weighted by Gasteiger charge is 2.32. The van der Waals surface area contributed by atoms with Gasteiger partial charge < -0.3 is 15.6 Å². The summed E-state index contributed by atoms with van der Waals surface area (Å²) >= 11 is 0. The second kappa shape index (κ2) is 4.54. The van der Waals surface area contributed by atoms with Gasteiger partial charge in [-0.15, -0.1) is 0 Å². The summed E-state index contributed by atoms with van der Waals surface area (Å²) in [4.78, 5) is 21.2. The van der Waals surface area contributed by atoms with Crippen LogP contribution < -0.4 is 15.4 Å². The summed E-state index contributed by atoms with van der Waals surface area (Å²) in [6, 6.07) is 1.48. The molecule has 3 N–H and O–H groups in total. The van der Waals surface area contributed by atoms with Gasteiger partial charge in [-0.2, -0.15) is 9.97 Å². The lowest BCUT2D eigenvalue weighted by Gasteiger charge is -2.15.